The van der Waals surface area contributed by atoms with Crippen LogP contribution in [-0.4, -0.2) is 18.9 Å². The van der Waals surface area contributed by atoms with E-state index in [-0.39, 0.29) is 12.6 Å². The summed E-state index contributed by atoms with van der Waals surface area (Å²) in [6, 6.07) is 26.4. The van der Waals surface area contributed by atoms with Crippen LogP contribution < -0.4 is 14.2 Å². The molecule has 0 fully saturated rings. The third kappa shape index (κ3) is 7.13. The number of ether oxygens (including phenoxy) is 4. The second-order valence-corrected chi connectivity index (χ2v) is 8.07. The van der Waals surface area contributed by atoms with Gasteiger partial charge in [0.15, 0.2) is 6.61 Å². The minimum absolute atomic E-state index is 0.221. The number of benzene rings is 3. The van der Waals surface area contributed by atoms with Crippen molar-refractivity contribution < 1.29 is 23.7 Å². The average molecular weight is 435 g/mol. The molecule has 0 heterocycles. The molecule has 0 aliphatic carbocycles. The molecule has 0 radical (unpaired) electrons. The van der Waals surface area contributed by atoms with E-state index in [1.54, 1.807) is 24.3 Å². The lowest BCUT2D eigenvalue weighted by atomic mass is 9.91. The molecule has 5 heteroatoms. The maximum Gasteiger partial charge on any atom is 0.316 e. The lowest BCUT2D eigenvalue weighted by Gasteiger charge is -2.21. The SMILES string of the molecule is CCC(C)(C)C(=O)Oc1ccc(OC(COc2ccccc2)OCc2ccccc2)cc1. The normalized spacial score (nSPS) is 12.1. The largest absolute Gasteiger partial charge is 0.487 e. The molecule has 0 aliphatic heterocycles. The maximum absolute atomic E-state index is 12.3. The van der Waals surface area contributed by atoms with Crippen LogP contribution in [0.4, 0.5) is 0 Å². The molecule has 0 saturated heterocycles. The van der Waals surface area contributed by atoms with Crippen LogP contribution in [0.1, 0.15) is 32.8 Å². The lowest BCUT2D eigenvalue weighted by molar-refractivity contribution is -0.144. The fraction of sp³-hybridized carbons (Fsp3) is 0.296. The van der Waals surface area contributed by atoms with Crippen molar-refractivity contribution in [2.45, 2.75) is 40.1 Å². The van der Waals surface area contributed by atoms with Crippen molar-refractivity contribution in [2.24, 2.45) is 5.41 Å². The molecule has 168 valence electrons. The molecular weight excluding hydrogens is 404 g/mol. The number of hydrogen-bond donors (Lipinski definition) is 0. The van der Waals surface area contributed by atoms with Gasteiger partial charge in [-0.05, 0) is 62.2 Å². The second kappa shape index (κ2) is 11.3. The van der Waals surface area contributed by atoms with E-state index in [1.807, 2.05) is 81.4 Å². The van der Waals surface area contributed by atoms with E-state index in [1.165, 1.54) is 0 Å². The van der Waals surface area contributed by atoms with Crippen LogP contribution >= 0.6 is 0 Å². The van der Waals surface area contributed by atoms with Crippen LogP contribution in [0, 0.1) is 5.41 Å². The van der Waals surface area contributed by atoms with E-state index < -0.39 is 11.7 Å². The highest BCUT2D eigenvalue weighted by atomic mass is 16.7. The average Bonchev–Trinajstić information content (AvgIpc) is 2.83. The van der Waals surface area contributed by atoms with Crippen LogP contribution in [0.25, 0.3) is 0 Å². The highest BCUT2D eigenvalue weighted by Gasteiger charge is 2.27. The smallest absolute Gasteiger partial charge is 0.316 e. The van der Waals surface area contributed by atoms with E-state index in [2.05, 4.69) is 0 Å². The van der Waals surface area contributed by atoms with Gasteiger partial charge in [0.2, 0.25) is 6.29 Å². The van der Waals surface area contributed by atoms with Gasteiger partial charge in [-0.1, -0.05) is 55.5 Å². The van der Waals surface area contributed by atoms with Gasteiger partial charge in [-0.2, -0.15) is 0 Å². The highest BCUT2D eigenvalue weighted by molar-refractivity contribution is 5.78. The second-order valence-electron chi connectivity index (χ2n) is 8.07. The molecule has 1 unspecified atom stereocenters. The summed E-state index contributed by atoms with van der Waals surface area (Å²) in [5, 5.41) is 0. The van der Waals surface area contributed by atoms with Crippen LogP contribution in [0.15, 0.2) is 84.9 Å². The van der Waals surface area contributed by atoms with Crippen molar-refractivity contribution in [1.82, 2.24) is 0 Å². The van der Waals surface area contributed by atoms with Gasteiger partial charge < -0.3 is 18.9 Å². The van der Waals surface area contributed by atoms with Crippen LogP contribution in [-0.2, 0) is 16.1 Å². The molecule has 0 saturated carbocycles. The standard InChI is InChI=1S/C27H30O5/c1-4-27(2,3)26(28)32-24-17-15-23(16-18-24)31-25(20-29-22-13-9-6-10-14-22)30-19-21-11-7-5-8-12-21/h5-18,25H,4,19-20H2,1-3H3. The zero-order chi connectivity index (χ0) is 22.8. The van der Waals surface area contributed by atoms with Crippen LogP contribution in [0.2, 0.25) is 0 Å². The zero-order valence-corrected chi connectivity index (χ0v) is 18.8. The third-order valence-electron chi connectivity index (χ3n) is 5.15. The predicted molar refractivity (Wildman–Crippen MR) is 124 cm³/mol. The summed E-state index contributed by atoms with van der Waals surface area (Å²) in [5.41, 5.74) is 0.516. The first-order valence-electron chi connectivity index (χ1n) is 10.8. The van der Waals surface area contributed by atoms with Gasteiger partial charge in [-0.15, -0.1) is 0 Å². The monoisotopic (exact) mass is 434 g/mol. The van der Waals surface area contributed by atoms with Crippen LogP contribution in [0.3, 0.4) is 0 Å². The summed E-state index contributed by atoms with van der Waals surface area (Å²) < 4.78 is 23.3. The molecular formula is C27H30O5. The third-order valence-corrected chi connectivity index (χ3v) is 5.15. The Morgan fingerprint density at radius 2 is 1.41 bits per heavy atom. The highest BCUT2D eigenvalue weighted by Crippen LogP contribution is 2.25. The Bertz CT molecular complexity index is 909. The fourth-order valence-corrected chi connectivity index (χ4v) is 2.69. The molecule has 3 aromatic carbocycles. The summed E-state index contributed by atoms with van der Waals surface area (Å²) in [7, 11) is 0. The molecule has 0 aliphatic rings. The Kier molecular flexibility index (Phi) is 8.28. The number of esters is 1. The van der Waals surface area contributed by atoms with E-state index in [4.69, 9.17) is 18.9 Å². The molecule has 0 spiro atoms. The minimum Gasteiger partial charge on any atom is -0.487 e. The molecule has 3 rings (SSSR count). The Balaban J connectivity index is 1.62. The summed E-state index contributed by atoms with van der Waals surface area (Å²) >= 11 is 0. The van der Waals surface area contributed by atoms with Crippen molar-refractivity contribution in [3.63, 3.8) is 0 Å². The number of para-hydroxylation sites is 1. The van der Waals surface area contributed by atoms with Gasteiger partial charge in [0.25, 0.3) is 0 Å². The molecule has 3 aromatic rings. The van der Waals surface area contributed by atoms with Crippen molar-refractivity contribution >= 4 is 5.97 Å². The lowest BCUT2D eigenvalue weighted by Crippen LogP contribution is -2.28. The first kappa shape index (κ1) is 23.4. The van der Waals surface area contributed by atoms with Gasteiger partial charge in [-0.25, -0.2) is 0 Å². The molecule has 0 aromatic heterocycles. The number of hydrogen-bond acceptors (Lipinski definition) is 5. The van der Waals surface area contributed by atoms with E-state index >= 15 is 0 Å². The summed E-state index contributed by atoms with van der Waals surface area (Å²) in [6.45, 7) is 6.32. The molecule has 0 amide bonds. The Labute approximate surface area is 189 Å². The quantitative estimate of drug-likeness (QED) is 0.210. The zero-order valence-electron chi connectivity index (χ0n) is 18.8. The van der Waals surface area contributed by atoms with Crippen molar-refractivity contribution in [3.05, 3.63) is 90.5 Å². The molecule has 1 atom stereocenters. The van der Waals surface area contributed by atoms with Gasteiger partial charge in [0.1, 0.15) is 17.2 Å². The van der Waals surface area contributed by atoms with Gasteiger partial charge in [-0.3, -0.25) is 4.79 Å². The summed E-state index contributed by atoms with van der Waals surface area (Å²) in [6.07, 6.45) is 0.0809. The number of rotatable bonds is 11. The minimum atomic E-state index is -0.622. The predicted octanol–water partition coefficient (Wildman–Crippen LogP) is 6.03. The Hall–Kier alpha value is -3.31. The van der Waals surface area contributed by atoms with E-state index in [0.29, 0.717) is 24.5 Å². The molecule has 0 bridgehead atoms. The maximum atomic E-state index is 12.3. The summed E-state index contributed by atoms with van der Waals surface area (Å²) in [4.78, 5) is 12.3. The van der Waals surface area contributed by atoms with Crippen LogP contribution in [0.5, 0.6) is 17.2 Å². The first-order valence-corrected chi connectivity index (χ1v) is 10.8. The topological polar surface area (TPSA) is 54.0 Å². The van der Waals surface area contributed by atoms with Gasteiger partial charge in [0.05, 0.1) is 12.0 Å². The molecule has 5 nitrogen and oxygen atoms in total. The van der Waals surface area contributed by atoms with Crippen molar-refractivity contribution in [2.75, 3.05) is 6.61 Å². The Morgan fingerprint density at radius 3 is 2.03 bits per heavy atom. The summed E-state index contributed by atoms with van der Waals surface area (Å²) in [5.74, 6) is 1.56. The molecule has 0 N–H and O–H groups in total. The first-order chi connectivity index (χ1) is 15.5. The number of carbonyl (C=O) groups excluding carboxylic acids is 1. The van der Waals surface area contributed by atoms with E-state index in [9.17, 15) is 4.79 Å². The van der Waals surface area contributed by atoms with Crippen molar-refractivity contribution in [3.8, 4) is 17.2 Å². The molecule has 32 heavy (non-hydrogen) atoms. The van der Waals surface area contributed by atoms with E-state index in [0.717, 1.165) is 11.3 Å². The van der Waals surface area contributed by atoms with Crippen molar-refractivity contribution in [1.29, 1.82) is 0 Å². The number of carbonyl (C=O) groups is 1. The Morgan fingerprint density at radius 1 is 0.812 bits per heavy atom. The van der Waals surface area contributed by atoms with Gasteiger partial charge >= 0.3 is 5.97 Å². The van der Waals surface area contributed by atoms with Gasteiger partial charge in [0, 0.05) is 0 Å². The fourth-order valence-electron chi connectivity index (χ4n) is 2.69.